The predicted octanol–water partition coefficient (Wildman–Crippen LogP) is 1.66. The molecular formula is C16H24N2O2. The maximum atomic E-state index is 12.6. The Bertz CT molecular complexity index is 402. The molecule has 1 heterocycles. The van der Waals surface area contributed by atoms with Gasteiger partial charge in [-0.05, 0) is 24.9 Å². The molecule has 1 aliphatic heterocycles. The fraction of sp³-hybridized carbons (Fsp3) is 0.562. The van der Waals surface area contributed by atoms with Gasteiger partial charge >= 0.3 is 0 Å². The first kappa shape index (κ1) is 15.0. The highest BCUT2D eigenvalue weighted by Crippen LogP contribution is 2.15. The molecule has 1 aliphatic rings. The number of benzene rings is 1. The summed E-state index contributed by atoms with van der Waals surface area (Å²) in [7, 11) is 1.67. The van der Waals surface area contributed by atoms with Crippen LogP contribution in [0.5, 0.6) is 0 Å². The molecule has 1 amide bonds. The van der Waals surface area contributed by atoms with Crippen LogP contribution in [-0.2, 0) is 16.1 Å². The molecule has 0 spiro atoms. The topological polar surface area (TPSA) is 41.6 Å². The number of carbonyl (C=O) groups excluding carboxylic acids is 1. The van der Waals surface area contributed by atoms with Crippen LogP contribution in [0, 0.1) is 5.92 Å². The second-order valence-electron chi connectivity index (χ2n) is 5.28. The van der Waals surface area contributed by atoms with E-state index < -0.39 is 0 Å². The third kappa shape index (κ3) is 4.32. The first-order valence-electron chi connectivity index (χ1n) is 7.33. The number of hydrogen-bond acceptors (Lipinski definition) is 3. The third-order valence-electron chi connectivity index (χ3n) is 3.74. The maximum absolute atomic E-state index is 12.6. The van der Waals surface area contributed by atoms with Crippen molar-refractivity contribution in [2.45, 2.75) is 19.4 Å². The quantitative estimate of drug-likeness (QED) is 0.859. The molecule has 1 aromatic rings. The normalized spacial score (nSPS) is 18.8. The van der Waals surface area contributed by atoms with Gasteiger partial charge in [-0.25, -0.2) is 0 Å². The summed E-state index contributed by atoms with van der Waals surface area (Å²) in [6.45, 7) is 3.73. The fourth-order valence-corrected chi connectivity index (χ4v) is 2.59. The Balaban J connectivity index is 2.00. The average Bonchev–Trinajstić information content (AvgIpc) is 2.52. The Labute approximate surface area is 121 Å². The van der Waals surface area contributed by atoms with Gasteiger partial charge in [-0.3, -0.25) is 4.79 Å². The molecule has 0 saturated carbocycles. The summed E-state index contributed by atoms with van der Waals surface area (Å²) in [6, 6.07) is 10.1. The number of piperidine rings is 1. The minimum absolute atomic E-state index is 0.115. The Hall–Kier alpha value is -1.39. The van der Waals surface area contributed by atoms with Gasteiger partial charge in [0.15, 0.2) is 0 Å². The second-order valence-corrected chi connectivity index (χ2v) is 5.28. The van der Waals surface area contributed by atoms with Crippen molar-refractivity contribution < 1.29 is 9.53 Å². The third-order valence-corrected chi connectivity index (χ3v) is 3.74. The summed E-state index contributed by atoms with van der Waals surface area (Å²) in [5.41, 5.74) is 1.17. The fourth-order valence-electron chi connectivity index (χ4n) is 2.59. The first-order valence-corrected chi connectivity index (χ1v) is 7.33. The predicted molar refractivity (Wildman–Crippen MR) is 79.3 cm³/mol. The van der Waals surface area contributed by atoms with E-state index >= 15 is 0 Å². The van der Waals surface area contributed by atoms with Crippen LogP contribution >= 0.6 is 0 Å². The van der Waals surface area contributed by atoms with Gasteiger partial charge < -0.3 is 15.0 Å². The molecule has 1 N–H and O–H groups in total. The van der Waals surface area contributed by atoms with Crippen LogP contribution in [0.15, 0.2) is 30.3 Å². The molecule has 4 nitrogen and oxygen atoms in total. The van der Waals surface area contributed by atoms with Crippen LogP contribution in [0.1, 0.15) is 18.4 Å². The summed E-state index contributed by atoms with van der Waals surface area (Å²) in [5, 5.41) is 3.31. The Morgan fingerprint density at radius 1 is 1.40 bits per heavy atom. The number of methoxy groups -OCH3 is 1. The van der Waals surface area contributed by atoms with Crippen molar-refractivity contribution in [3.8, 4) is 0 Å². The standard InChI is InChI=1S/C16H24N2O2/c1-20-11-10-18(13-14-6-3-2-4-7-14)16(19)15-8-5-9-17-12-15/h2-4,6-7,15,17H,5,8-13H2,1H3/t15-/m1/s1. The van der Waals surface area contributed by atoms with Crippen molar-refractivity contribution in [2.75, 3.05) is 33.4 Å². The second kappa shape index (κ2) is 8.02. The van der Waals surface area contributed by atoms with Gasteiger partial charge in [0, 0.05) is 26.7 Å². The van der Waals surface area contributed by atoms with Gasteiger partial charge in [-0.1, -0.05) is 30.3 Å². The highest BCUT2D eigenvalue weighted by Gasteiger charge is 2.25. The lowest BCUT2D eigenvalue weighted by molar-refractivity contribution is -0.137. The lowest BCUT2D eigenvalue weighted by Gasteiger charge is -2.29. The number of carbonyl (C=O) groups is 1. The van der Waals surface area contributed by atoms with E-state index in [1.54, 1.807) is 7.11 Å². The summed E-state index contributed by atoms with van der Waals surface area (Å²) < 4.78 is 5.14. The molecule has 2 rings (SSSR count). The van der Waals surface area contributed by atoms with Gasteiger partial charge in [0.2, 0.25) is 5.91 Å². The van der Waals surface area contributed by atoms with Crippen molar-refractivity contribution in [1.29, 1.82) is 0 Å². The number of rotatable bonds is 6. The first-order chi connectivity index (χ1) is 9.81. The van der Waals surface area contributed by atoms with Crippen molar-refractivity contribution in [3.63, 3.8) is 0 Å². The number of amides is 1. The number of nitrogens with one attached hydrogen (secondary N) is 1. The molecule has 0 aliphatic carbocycles. The molecule has 110 valence electrons. The van der Waals surface area contributed by atoms with E-state index in [0.29, 0.717) is 19.7 Å². The van der Waals surface area contributed by atoms with Gasteiger partial charge in [-0.15, -0.1) is 0 Å². The molecule has 0 aromatic heterocycles. The number of nitrogens with zero attached hydrogens (tertiary/aromatic N) is 1. The molecule has 4 heteroatoms. The van der Waals surface area contributed by atoms with Gasteiger partial charge in [0.1, 0.15) is 0 Å². The molecule has 1 aromatic carbocycles. The largest absolute Gasteiger partial charge is 0.383 e. The highest BCUT2D eigenvalue weighted by atomic mass is 16.5. The number of ether oxygens (including phenoxy) is 1. The highest BCUT2D eigenvalue weighted by molar-refractivity contribution is 5.79. The Kier molecular flexibility index (Phi) is 6.02. The molecule has 0 bridgehead atoms. The van der Waals surface area contributed by atoms with E-state index in [2.05, 4.69) is 17.4 Å². The van der Waals surface area contributed by atoms with Crippen LogP contribution in [0.3, 0.4) is 0 Å². The van der Waals surface area contributed by atoms with Crippen LogP contribution in [0.4, 0.5) is 0 Å². The molecule has 1 fully saturated rings. The minimum atomic E-state index is 0.115. The van der Waals surface area contributed by atoms with E-state index in [-0.39, 0.29) is 11.8 Å². The summed E-state index contributed by atoms with van der Waals surface area (Å²) in [6.07, 6.45) is 2.07. The summed E-state index contributed by atoms with van der Waals surface area (Å²) in [4.78, 5) is 14.6. The van der Waals surface area contributed by atoms with Crippen LogP contribution in [0.25, 0.3) is 0 Å². The maximum Gasteiger partial charge on any atom is 0.227 e. The van der Waals surface area contributed by atoms with Gasteiger partial charge in [-0.2, -0.15) is 0 Å². The molecule has 20 heavy (non-hydrogen) atoms. The summed E-state index contributed by atoms with van der Waals surface area (Å²) in [5.74, 6) is 0.363. The van der Waals surface area contributed by atoms with Crippen molar-refractivity contribution >= 4 is 5.91 Å². The van der Waals surface area contributed by atoms with E-state index in [9.17, 15) is 4.79 Å². The lowest BCUT2D eigenvalue weighted by atomic mass is 9.98. The smallest absolute Gasteiger partial charge is 0.227 e. The zero-order valence-corrected chi connectivity index (χ0v) is 12.2. The van der Waals surface area contributed by atoms with E-state index in [1.807, 2.05) is 23.1 Å². The molecule has 0 radical (unpaired) electrons. The van der Waals surface area contributed by atoms with E-state index in [0.717, 1.165) is 25.9 Å². The van der Waals surface area contributed by atoms with Crippen LogP contribution < -0.4 is 5.32 Å². The minimum Gasteiger partial charge on any atom is -0.383 e. The van der Waals surface area contributed by atoms with Crippen molar-refractivity contribution in [1.82, 2.24) is 10.2 Å². The SMILES string of the molecule is COCCN(Cc1ccccc1)C(=O)[C@@H]1CCCNC1. The zero-order valence-electron chi connectivity index (χ0n) is 12.2. The molecule has 1 atom stereocenters. The van der Waals surface area contributed by atoms with Crippen LogP contribution in [0.2, 0.25) is 0 Å². The Morgan fingerprint density at radius 2 is 2.20 bits per heavy atom. The Morgan fingerprint density at radius 3 is 2.85 bits per heavy atom. The lowest BCUT2D eigenvalue weighted by Crippen LogP contribution is -2.43. The average molecular weight is 276 g/mol. The van der Waals surface area contributed by atoms with Crippen molar-refractivity contribution in [3.05, 3.63) is 35.9 Å². The van der Waals surface area contributed by atoms with Crippen molar-refractivity contribution in [2.24, 2.45) is 5.92 Å². The summed E-state index contributed by atoms with van der Waals surface area (Å²) >= 11 is 0. The molecular weight excluding hydrogens is 252 g/mol. The van der Waals surface area contributed by atoms with E-state index in [1.165, 1.54) is 5.56 Å². The zero-order chi connectivity index (χ0) is 14.2. The van der Waals surface area contributed by atoms with E-state index in [4.69, 9.17) is 4.74 Å². The molecule has 1 saturated heterocycles. The number of hydrogen-bond donors (Lipinski definition) is 1. The monoisotopic (exact) mass is 276 g/mol. The molecule has 0 unspecified atom stereocenters. The van der Waals surface area contributed by atoms with Gasteiger partial charge in [0.05, 0.1) is 12.5 Å². The van der Waals surface area contributed by atoms with Gasteiger partial charge in [0.25, 0.3) is 0 Å². The van der Waals surface area contributed by atoms with Crippen LogP contribution in [-0.4, -0.2) is 44.2 Å².